The zero-order valence-electron chi connectivity index (χ0n) is 7.76. The second-order valence-corrected chi connectivity index (χ2v) is 2.82. The van der Waals surface area contributed by atoms with Crippen molar-refractivity contribution in [3.05, 3.63) is 31.2 Å². The Hall–Kier alpha value is -2.98. The van der Waals surface area contributed by atoms with Crippen LogP contribution in [0, 0.1) is 25.1 Å². The fourth-order valence-electron chi connectivity index (χ4n) is 1.28. The van der Waals surface area contributed by atoms with Crippen LogP contribution < -0.4 is 0 Å². The Balaban J connectivity index is 2.98. The van der Waals surface area contributed by atoms with E-state index in [1.165, 1.54) is 0 Å². The molecule has 0 aliphatic carbocycles. The molecule has 0 saturated carbocycles. The largest absolute Gasteiger partial charge is 0.336 e. The van der Waals surface area contributed by atoms with Gasteiger partial charge in [-0.2, -0.15) is 0 Å². The molecule has 1 aromatic carbocycles. The standard InChI is InChI=1S/C6HN5O6/c12-8-4-2(10(13)14)1-3-5(7-9-17-3)6(4)11(15)16/h1H. The van der Waals surface area contributed by atoms with E-state index in [4.69, 9.17) is 0 Å². The number of hydrogen-bond acceptors (Lipinski definition) is 9. The summed E-state index contributed by atoms with van der Waals surface area (Å²) in [5.41, 5.74) is -3.28. The SMILES string of the molecule is O=Nc1c([N+](=O)[O-])cc2onnc2c1[N+](=O)[O-]. The highest BCUT2D eigenvalue weighted by atomic mass is 16.6. The number of fused-ring (bicyclic) bond motifs is 1. The Labute approximate surface area is 90.3 Å². The summed E-state index contributed by atoms with van der Waals surface area (Å²) in [5.74, 6) is 0. The third-order valence-electron chi connectivity index (χ3n) is 1.94. The molecule has 0 N–H and O–H groups in total. The van der Waals surface area contributed by atoms with Crippen LogP contribution in [0.15, 0.2) is 15.8 Å². The molecule has 0 radical (unpaired) electrons. The number of benzene rings is 1. The molecule has 0 aliphatic rings. The molecule has 11 nitrogen and oxygen atoms in total. The van der Waals surface area contributed by atoms with Crippen molar-refractivity contribution >= 4 is 28.2 Å². The van der Waals surface area contributed by atoms with Gasteiger partial charge >= 0.3 is 11.4 Å². The van der Waals surface area contributed by atoms with E-state index in [1.807, 2.05) is 0 Å². The molecular formula is C6HN5O6. The number of nitrogens with zero attached hydrogens (tertiary/aromatic N) is 5. The van der Waals surface area contributed by atoms with Gasteiger partial charge in [0, 0.05) is 5.27 Å². The summed E-state index contributed by atoms with van der Waals surface area (Å²) >= 11 is 0. The average Bonchev–Trinajstić information content (AvgIpc) is 2.73. The lowest BCUT2D eigenvalue weighted by Crippen LogP contribution is -1.95. The molecule has 0 unspecified atom stereocenters. The van der Waals surface area contributed by atoms with Crippen LogP contribution >= 0.6 is 0 Å². The highest BCUT2D eigenvalue weighted by molar-refractivity contribution is 5.93. The van der Waals surface area contributed by atoms with Gasteiger partial charge in [0.05, 0.1) is 15.9 Å². The minimum Gasteiger partial charge on any atom is -0.336 e. The molecule has 86 valence electrons. The predicted octanol–water partition coefficient (Wildman–Crippen LogP) is 1.44. The van der Waals surface area contributed by atoms with Gasteiger partial charge in [-0.1, -0.05) is 0 Å². The van der Waals surface area contributed by atoms with Crippen molar-refractivity contribution in [2.45, 2.75) is 0 Å². The summed E-state index contributed by atoms with van der Waals surface area (Å²) in [6, 6.07) is 0.805. The summed E-state index contributed by atoms with van der Waals surface area (Å²) in [5, 5.41) is 30.0. The van der Waals surface area contributed by atoms with Crippen LogP contribution in [0.5, 0.6) is 0 Å². The first-order chi connectivity index (χ1) is 8.06. The van der Waals surface area contributed by atoms with Crippen LogP contribution in [0.2, 0.25) is 0 Å². The van der Waals surface area contributed by atoms with Crippen molar-refractivity contribution in [2.24, 2.45) is 5.18 Å². The maximum absolute atomic E-state index is 10.7. The summed E-state index contributed by atoms with van der Waals surface area (Å²) in [6.45, 7) is 0. The van der Waals surface area contributed by atoms with E-state index < -0.39 is 26.9 Å². The van der Waals surface area contributed by atoms with Crippen molar-refractivity contribution < 1.29 is 14.4 Å². The highest BCUT2D eigenvalue weighted by Gasteiger charge is 2.33. The minimum absolute atomic E-state index is 0.268. The quantitative estimate of drug-likeness (QED) is 0.442. The van der Waals surface area contributed by atoms with Gasteiger partial charge in [-0.25, -0.2) is 0 Å². The highest BCUT2D eigenvalue weighted by Crippen LogP contribution is 2.41. The third kappa shape index (κ3) is 1.45. The van der Waals surface area contributed by atoms with Crippen LogP contribution in [0.1, 0.15) is 0 Å². The molecule has 0 spiro atoms. The van der Waals surface area contributed by atoms with E-state index in [-0.39, 0.29) is 11.1 Å². The van der Waals surface area contributed by atoms with E-state index >= 15 is 0 Å². The topological polar surface area (TPSA) is 155 Å². The normalized spacial score (nSPS) is 10.4. The van der Waals surface area contributed by atoms with Gasteiger partial charge in [-0.05, 0) is 5.18 Å². The Morgan fingerprint density at radius 3 is 2.53 bits per heavy atom. The first kappa shape index (κ1) is 10.5. The predicted molar refractivity (Wildman–Crippen MR) is 50.6 cm³/mol. The first-order valence-electron chi connectivity index (χ1n) is 3.97. The Kier molecular flexibility index (Phi) is 2.20. The third-order valence-corrected chi connectivity index (χ3v) is 1.94. The smallest absolute Gasteiger partial charge is 0.336 e. The second kappa shape index (κ2) is 3.55. The van der Waals surface area contributed by atoms with Crippen molar-refractivity contribution in [2.75, 3.05) is 0 Å². The van der Waals surface area contributed by atoms with Gasteiger partial charge in [0.2, 0.25) is 11.1 Å². The van der Waals surface area contributed by atoms with Crippen LogP contribution in [0.25, 0.3) is 11.1 Å². The molecule has 11 heteroatoms. The van der Waals surface area contributed by atoms with E-state index in [0.717, 1.165) is 6.07 Å². The molecule has 2 rings (SSSR count). The van der Waals surface area contributed by atoms with E-state index in [2.05, 4.69) is 20.1 Å². The monoisotopic (exact) mass is 239 g/mol. The van der Waals surface area contributed by atoms with Gasteiger partial charge in [0.25, 0.3) is 5.69 Å². The number of rotatable bonds is 3. The molecule has 1 heterocycles. The van der Waals surface area contributed by atoms with Gasteiger partial charge in [-0.15, -0.1) is 10.0 Å². The number of nitro groups is 2. The van der Waals surface area contributed by atoms with Crippen LogP contribution in [0.3, 0.4) is 0 Å². The molecule has 17 heavy (non-hydrogen) atoms. The van der Waals surface area contributed by atoms with Crippen LogP contribution in [0.4, 0.5) is 17.1 Å². The first-order valence-corrected chi connectivity index (χ1v) is 3.97. The van der Waals surface area contributed by atoms with Crippen LogP contribution in [-0.2, 0) is 0 Å². The van der Waals surface area contributed by atoms with Gasteiger partial charge in [0.15, 0.2) is 0 Å². The Morgan fingerprint density at radius 1 is 1.29 bits per heavy atom. The number of nitroso groups, excluding NO2 is 1. The lowest BCUT2D eigenvalue weighted by Gasteiger charge is -1.96. The summed E-state index contributed by atoms with van der Waals surface area (Å²) < 4.78 is 4.49. The minimum atomic E-state index is -1.00. The number of nitro benzene ring substituents is 2. The zero-order chi connectivity index (χ0) is 12.6. The van der Waals surface area contributed by atoms with Gasteiger partial charge in [0.1, 0.15) is 0 Å². The summed E-state index contributed by atoms with van der Waals surface area (Å²) in [4.78, 5) is 29.9. The van der Waals surface area contributed by atoms with Gasteiger partial charge in [-0.3, -0.25) is 20.2 Å². The van der Waals surface area contributed by atoms with Crippen LogP contribution in [-0.4, -0.2) is 20.2 Å². The molecule has 0 bridgehead atoms. The van der Waals surface area contributed by atoms with Crippen molar-refractivity contribution in [1.82, 2.24) is 10.4 Å². The van der Waals surface area contributed by atoms with Gasteiger partial charge < -0.3 is 4.52 Å². The fourth-order valence-corrected chi connectivity index (χ4v) is 1.28. The molecule has 2 aromatic rings. The Bertz CT molecular complexity index is 648. The van der Waals surface area contributed by atoms with E-state index in [0.29, 0.717) is 0 Å². The summed E-state index contributed by atoms with van der Waals surface area (Å²) in [7, 11) is 0. The maximum Gasteiger partial charge on any atom is 0.336 e. The molecule has 0 amide bonds. The van der Waals surface area contributed by atoms with Crippen molar-refractivity contribution in [3.63, 3.8) is 0 Å². The lowest BCUT2D eigenvalue weighted by atomic mass is 10.2. The van der Waals surface area contributed by atoms with Crippen molar-refractivity contribution in [3.8, 4) is 0 Å². The number of hydrogen-bond donors (Lipinski definition) is 0. The summed E-state index contributed by atoms with van der Waals surface area (Å²) in [6.07, 6.45) is 0. The average molecular weight is 239 g/mol. The Morgan fingerprint density at radius 2 is 2.00 bits per heavy atom. The second-order valence-electron chi connectivity index (χ2n) is 2.82. The van der Waals surface area contributed by atoms with E-state index in [9.17, 15) is 25.1 Å². The van der Waals surface area contributed by atoms with E-state index in [1.54, 1.807) is 0 Å². The molecule has 0 saturated heterocycles. The molecule has 0 aliphatic heterocycles. The zero-order valence-corrected chi connectivity index (χ0v) is 7.76. The molecular weight excluding hydrogens is 238 g/mol. The van der Waals surface area contributed by atoms with Crippen molar-refractivity contribution in [1.29, 1.82) is 0 Å². The molecule has 0 fully saturated rings. The maximum atomic E-state index is 10.7. The molecule has 1 aromatic heterocycles. The fraction of sp³-hybridized carbons (Fsp3) is 0. The lowest BCUT2D eigenvalue weighted by molar-refractivity contribution is -0.391. The number of aromatic nitrogens is 2. The molecule has 0 atom stereocenters.